The van der Waals surface area contributed by atoms with E-state index in [1.165, 1.54) is 45.3 Å². The minimum atomic E-state index is 0.0814. The molecule has 0 radical (unpaired) electrons. The molecule has 3 aliphatic heterocycles. The summed E-state index contributed by atoms with van der Waals surface area (Å²) in [6.07, 6.45) is 11.7. The average Bonchev–Trinajstić information content (AvgIpc) is 3.44. The molecule has 2 atom stereocenters. The summed E-state index contributed by atoms with van der Waals surface area (Å²) in [6.45, 7) is 7.72. The highest BCUT2D eigenvalue weighted by atomic mass is 16.5. The first-order valence-electron chi connectivity index (χ1n) is 11.3. The minimum absolute atomic E-state index is 0.0814. The van der Waals surface area contributed by atoms with Crippen molar-refractivity contribution in [2.24, 2.45) is 0 Å². The molecule has 3 fully saturated rings. The van der Waals surface area contributed by atoms with Crippen LogP contribution >= 0.6 is 0 Å². The maximum Gasteiger partial charge on any atom is 0.147 e. The second kappa shape index (κ2) is 7.85. The van der Waals surface area contributed by atoms with Crippen LogP contribution in [0.25, 0.3) is 11.0 Å². The van der Waals surface area contributed by atoms with Gasteiger partial charge in [0.1, 0.15) is 24.0 Å². The molecule has 7 nitrogen and oxygen atoms in total. The van der Waals surface area contributed by atoms with Gasteiger partial charge in [0.2, 0.25) is 0 Å². The average molecular weight is 399 g/mol. The van der Waals surface area contributed by atoms with Crippen molar-refractivity contribution in [3.05, 3.63) is 18.6 Å². The molecule has 7 heteroatoms. The maximum absolute atomic E-state index is 6.56. The Kier molecular flexibility index (Phi) is 5.22. The highest BCUT2D eigenvalue weighted by molar-refractivity contribution is 5.87. The number of aromatic nitrogens is 3. The highest BCUT2D eigenvalue weighted by Crippen LogP contribution is 2.40. The minimum Gasteiger partial charge on any atom is -0.370 e. The molecule has 0 aliphatic carbocycles. The van der Waals surface area contributed by atoms with Crippen LogP contribution in [0.3, 0.4) is 0 Å². The summed E-state index contributed by atoms with van der Waals surface area (Å²) in [6, 6.07) is 2.11. The first kappa shape index (κ1) is 19.3. The van der Waals surface area contributed by atoms with E-state index in [0.717, 1.165) is 42.8 Å². The van der Waals surface area contributed by atoms with Gasteiger partial charge in [-0.25, -0.2) is 9.97 Å². The summed E-state index contributed by atoms with van der Waals surface area (Å²) in [5.74, 6) is 0.909. The zero-order chi connectivity index (χ0) is 19.8. The number of nitrogens with one attached hydrogen (secondary N) is 1. The van der Waals surface area contributed by atoms with Crippen LogP contribution in [0.2, 0.25) is 0 Å². The van der Waals surface area contributed by atoms with Crippen molar-refractivity contribution in [1.82, 2.24) is 24.3 Å². The first-order chi connectivity index (χ1) is 14.2. The Balaban J connectivity index is 1.27. The molecule has 0 amide bonds. The molecule has 158 valence electrons. The predicted molar refractivity (Wildman–Crippen MR) is 115 cm³/mol. The molecule has 3 saturated heterocycles. The fourth-order valence-electron chi connectivity index (χ4n) is 5.66. The van der Waals surface area contributed by atoms with E-state index >= 15 is 0 Å². The Bertz CT molecular complexity index is 843. The van der Waals surface area contributed by atoms with Gasteiger partial charge < -0.3 is 19.5 Å². The largest absolute Gasteiger partial charge is 0.370 e. The third-order valence-electron chi connectivity index (χ3n) is 7.33. The molecule has 3 aliphatic rings. The van der Waals surface area contributed by atoms with Crippen molar-refractivity contribution >= 4 is 16.9 Å². The van der Waals surface area contributed by atoms with Gasteiger partial charge in [-0.1, -0.05) is 0 Å². The van der Waals surface area contributed by atoms with Crippen molar-refractivity contribution in [2.45, 2.75) is 63.3 Å². The van der Waals surface area contributed by atoms with Crippen LogP contribution in [0.5, 0.6) is 0 Å². The second-order valence-electron chi connectivity index (χ2n) is 9.08. The number of hydrogen-bond donors (Lipinski definition) is 1. The highest BCUT2D eigenvalue weighted by Gasteiger charge is 2.44. The summed E-state index contributed by atoms with van der Waals surface area (Å²) >= 11 is 0. The Morgan fingerprint density at radius 3 is 2.86 bits per heavy atom. The van der Waals surface area contributed by atoms with Gasteiger partial charge in [0.05, 0.1) is 11.5 Å². The van der Waals surface area contributed by atoms with E-state index in [2.05, 4.69) is 55.9 Å². The Morgan fingerprint density at radius 1 is 1.17 bits per heavy atom. The summed E-state index contributed by atoms with van der Waals surface area (Å²) in [5.41, 5.74) is 1.40. The molecule has 2 aromatic rings. The van der Waals surface area contributed by atoms with Gasteiger partial charge >= 0.3 is 0 Å². The van der Waals surface area contributed by atoms with Gasteiger partial charge in [0, 0.05) is 24.8 Å². The fraction of sp³-hybridized carbons (Fsp3) is 0.727. The van der Waals surface area contributed by atoms with Crippen molar-refractivity contribution < 1.29 is 4.74 Å². The summed E-state index contributed by atoms with van der Waals surface area (Å²) in [7, 11) is 2.25. The molecule has 1 spiro atoms. The van der Waals surface area contributed by atoms with Gasteiger partial charge in [-0.3, -0.25) is 4.90 Å². The lowest BCUT2D eigenvalue weighted by molar-refractivity contribution is -0.0323. The smallest absolute Gasteiger partial charge is 0.147 e. The summed E-state index contributed by atoms with van der Waals surface area (Å²) in [4.78, 5) is 14.2. The van der Waals surface area contributed by atoms with Gasteiger partial charge in [-0.2, -0.15) is 0 Å². The normalized spacial score (nSPS) is 27.9. The number of anilines is 1. The third kappa shape index (κ3) is 3.53. The maximum atomic E-state index is 6.56. The van der Waals surface area contributed by atoms with Gasteiger partial charge in [0.25, 0.3) is 0 Å². The van der Waals surface area contributed by atoms with Crippen molar-refractivity contribution in [3.63, 3.8) is 0 Å². The Hall–Kier alpha value is -1.70. The molecule has 0 saturated carbocycles. The second-order valence-corrected chi connectivity index (χ2v) is 9.08. The molecule has 1 N–H and O–H groups in total. The van der Waals surface area contributed by atoms with Crippen LogP contribution in [-0.4, -0.2) is 75.7 Å². The molecule has 29 heavy (non-hydrogen) atoms. The quantitative estimate of drug-likeness (QED) is 0.835. The standard InChI is InChI=1S/C22H34N6O/c1-3-23-20-18-7-12-28(21(18)25-16-24-20)19-6-5-17(29-19)15-27-11-4-8-22(27)9-13-26(2)14-10-22/h7,12,16-17,19H,3-6,8-11,13-15H2,1-2H3,(H,23,24,25). The van der Waals surface area contributed by atoms with E-state index in [-0.39, 0.29) is 6.23 Å². The molecule has 5 rings (SSSR count). The molecule has 0 bridgehead atoms. The van der Waals surface area contributed by atoms with Crippen molar-refractivity contribution in [1.29, 1.82) is 0 Å². The monoisotopic (exact) mass is 398 g/mol. The molecule has 2 aromatic heterocycles. The van der Waals surface area contributed by atoms with E-state index in [4.69, 9.17) is 4.74 Å². The predicted octanol–water partition coefficient (Wildman–Crippen LogP) is 3.10. The zero-order valence-electron chi connectivity index (χ0n) is 17.8. The number of rotatable bonds is 5. The Morgan fingerprint density at radius 2 is 2.03 bits per heavy atom. The lowest BCUT2D eigenvalue weighted by atomic mass is 9.85. The number of likely N-dealkylation sites (tertiary alicyclic amines) is 2. The van der Waals surface area contributed by atoms with Crippen molar-refractivity contribution in [3.8, 4) is 0 Å². The third-order valence-corrected chi connectivity index (χ3v) is 7.33. The molecular weight excluding hydrogens is 364 g/mol. The van der Waals surface area contributed by atoms with Gasteiger partial charge in [0.15, 0.2) is 0 Å². The van der Waals surface area contributed by atoms with Crippen molar-refractivity contribution in [2.75, 3.05) is 45.1 Å². The van der Waals surface area contributed by atoms with Gasteiger partial charge in [-0.15, -0.1) is 0 Å². The number of piperidine rings is 1. The zero-order valence-corrected chi connectivity index (χ0v) is 17.8. The molecule has 2 unspecified atom stereocenters. The number of hydrogen-bond acceptors (Lipinski definition) is 6. The fourth-order valence-corrected chi connectivity index (χ4v) is 5.66. The lowest BCUT2D eigenvalue weighted by Gasteiger charge is -2.45. The molecule has 5 heterocycles. The molecule has 0 aromatic carbocycles. The van der Waals surface area contributed by atoms with Crippen LogP contribution in [0.15, 0.2) is 18.6 Å². The van der Waals surface area contributed by atoms with E-state index in [0.29, 0.717) is 11.6 Å². The van der Waals surface area contributed by atoms with Gasteiger partial charge in [-0.05, 0) is 78.2 Å². The van der Waals surface area contributed by atoms with Crippen LogP contribution < -0.4 is 5.32 Å². The van der Waals surface area contributed by atoms with E-state index in [9.17, 15) is 0 Å². The SMILES string of the molecule is CCNc1ncnc2c1ccn2C1CCC(CN2CCCC23CCN(C)CC3)O1. The van der Waals surface area contributed by atoms with Crippen LogP contribution in [-0.2, 0) is 4.74 Å². The lowest BCUT2D eigenvalue weighted by Crippen LogP contribution is -2.53. The summed E-state index contributed by atoms with van der Waals surface area (Å²) < 4.78 is 8.76. The van der Waals surface area contributed by atoms with E-state index < -0.39 is 0 Å². The topological polar surface area (TPSA) is 58.5 Å². The summed E-state index contributed by atoms with van der Waals surface area (Å²) in [5, 5.41) is 4.41. The van der Waals surface area contributed by atoms with E-state index in [1.54, 1.807) is 6.33 Å². The Labute approximate surface area is 173 Å². The van der Waals surface area contributed by atoms with E-state index in [1.807, 2.05) is 0 Å². The molecular formula is C22H34N6O. The van der Waals surface area contributed by atoms with Crippen LogP contribution in [0.4, 0.5) is 5.82 Å². The van der Waals surface area contributed by atoms with Crippen LogP contribution in [0.1, 0.15) is 51.7 Å². The van der Waals surface area contributed by atoms with Crippen LogP contribution in [0, 0.1) is 0 Å². The number of ether oxygens (including phenoxy) is 1. The first-order valence-corrected chi connectivity index (χ1v) is 11.3. The number of fused-ring (bicyclic) bond motifs is 1. The number of nitrogens with zero attached hydrogens (tertiary/aromatic N) is 5.